The Morgan fingerprint density at radius 2 is 1.90 bits per heavy atom. The number of carbonyl (C=O) groups is 1. The van der Waals surface area contributed by atoms with Crippen LogP contribution in [-0.4, -0.2) is 52.8 Å². The second kappa shape index (κ2) is 10.1. The average molecular weight is 401 g/mol. The Hall–Kier alpha value is -2.83. The van der Waals surface area contributed by atoms with E-state index in [1.165, 1.54) is 0 Å². The Balaban J connectivity index is 2.19. The van der Waals surface area contributed by atoms with Crippen LogP contribution >= 0.6 is 0 Å². The van der Waals surface area contributed by atoms with Gasteiger partial charge in [0.1, 0.15) is 5.60 Å². The monoisotopic (exact) mass is 400 g/mol. The number of ether oxygens (including phenoxy) is 2. The molecule has 7 heteroatoms. The second-order valence-corrected chi connectivity index (χ2v) is 7.79. The molecule has 158 valence electrons. The number of hydrogen-bond donors (Lipinski definition) is 1. The van der Waals surface area contributed by atoms with E-state index >= 15 is 0 Å². The minimum atomic E-state index is -0.522. The lowest BCUT2D eigenvalue weighted by Gasteiger charge is -2.30. The van der Waals surface area contributed by atoms with Crippen LogP contribution in [0.2, 0.25) is 0 Å². The largest absolute Gasteiger partial charge is 0.480 e. The van der Waals surface area contributed by atoms with E-state index in [1.807, 2.05) is 45.9 Å². The van der Waals surface area contributed by atoms with Crippen LogP contribution in [0.15, 0.2) is 36.8 Å². The van der Waals surface area contributed by atoms with Gasteiger partial charge in [-0.1, -0.05) is 6.92 Å². The third kappa shape index (κ3) is 6.62. The van der Waals surface area contributed by atoms with Crippen LogP contribution in [0.4, 0.5) is 10.5 Å². The molecule has 0 saturated carbocycles. The number of methoxy groups -OCH3 is 1. The van der Waals surface area contributed by atoms with Crippen LogP contribution in [0.5, 0.6) is 5.88 Å². The van der Waals surface area contributed by atoms with Crippen molar-refractivity contribution < 1.29 is 14.3 Å². The Morgan fingerprint density at radius 3 is 2.45 bits per heavy atom. The lowest BCUT2D eigenvalue weighted by molar-refractivity contribution is 0.0252. The molecule has 0 aromatic carbocycles. The topological polar surface area (TPSA) is 76.6 Å². The van der Waals surface area contributed by atoms with E-state index in [2.05, 4.69) is 22.2 Å². The molecular weight excluding hydrogens is 368 g/mol. The highest BCUT2D eigenvalue weighted by Crippen LogP contribution is 2.29. The highest BCUT2D eigenvalue weighted by Gasteiger charge is 2.23. The van der Waals surface area contributed by atoms with Gasteiger partial charge in [0.15, 0.2) is 0 Å². The highest BCUT2D eigenvalue weighted by molar-refractivity contribution is 5.70. The van der Waals surface area contributed by atoms with Crippen molar-refractivity contribution in [3.8, 4) is 17.0 Å². The average Bonchev–Trinajstić information content (AvgIpc) is 2.70. The van der Waals surface area contributed by atoms with Gasteiger partial charge in [0.2, 0.25) is 5.88 Å². The van der Waals surface area contributed by atoms with Gasteiger partial charge in [0, 0.05) is 43.3 Å². The number of anilines is 1. The van der Waals surface area contributed by atoms with Gasteiger partial charge in [-0.2, -0.15) is 0 Å². The third-order valence-electron chi connectivity index (χ3n) is 4.38. The first-order chi connectivity index (χ1) is 13.8. The van der Waals surface area contributed by atoms with Crippen molar-refractivity contribution in [1.29, 1.82) is 0 Å². The van der Waals surface area contributed by atoms with Crippen LogP contribution < -0.4 is 10.1 Å². The Bertz CT molecular complexity index is 790. The van der Waals surface area contributed by atoms with E-state index in [1.54, 1.807) is 30.6 Å². The number of carbonyl (C=O) groups excluding carboxylic acids is 1. The second-order valence-electron chi connectivity index (χ2n) is 7.79. The molecular formula is C22H32N4O3. The molecule has 7 nitrogen and oxygen atoms in total. The first-order valence-corrected chi connectivity index (χ1v) is 9.96. The van der Waals surface area contributed by atoms with Crippen molar-refractivity contribution in [3.05, 3.63) is 36.8 Å². The zero-order valence-corrected chi connectivity index (χ0v) is 18.2. The molecule has 0 fully saturated rings. The molecule has 0 radical (unpaired) electrons. The van der Waals surface area contributed by atoms with Crippen LogP contribution in [0.3, 0.4) is 0 Å². The maximum atomic E-state index is 12.5. The minimum Gasteiger partial charge on any atom is -0.480 e. The molecule has 0 bridgehead atoms. The third-order valence-corrected chi connectivity index (χ3v) is 4.38. The fraction of sp³-hybridized carbons (Fsp3) is 0.500. The summed E-state index contributed by atoms with van der Waals surface area (Å²) in [5, 5.41) is 3.49. The highest BCUT2D eigenvalue weighted by atomic mass is 16.6. The number of nitrogens with one attached hydrogen (secondary N) is 1. The SMILES string of the molecule is CCC(CN(CC)C(=O)OC(C)(C)C)Nc1cc(-c2ccncc2)cnc1OC. The summed E-state index contributed by atoms with van der Waals surface area (Å²) in [6.07, 6.45) is 5.79. The van der Waals surface area contributed by atoms with E-state index in [0.29, 0.717) is 19.0 Å². The Morgan fingerprint density at radius 1 is 1.21 bits per heavy atom. The van der Waals surface area contributed by atoms with Crippen LogP contribution in [-0.2, 0) is 4.74 Å². The number of aromatic nitrogens is 2. The number of amides is 1. The first-order valence-electron chi connectivity index (χ1n) is 9.96. The van der Waals surface area contributed by atoms with Gasteiger partial charge < -0.3 is 19.7 Å². The minimum absolute atomic E-state index is 0.0193. The van der Waals surface area contributed by atoms with Gasteiger partial charge >= 0.3 is 6.09 Å². The molecule has 2 rings (SSSR count). The summed E-state index contributed by atoms with van der Waals surface area (Å²) in [6.45, 7) is 10.7. The molecule has 2 aromatic heterocycles. The van der Waals surface area contributed by atoms with Crippen molar-refractivity contribution >= 4 is 11.8 Å². The number of rotatable bonds is 8. The first kappa shape index (κ1) is 22.5. The summed E-state index contributed by atoms with van der Waals surface area (Å²) in [6, 6.07) is 5.90. The number of likely N-dealkylation sites (N-methyl/N-ethyl adjacent to an activating group) is 1. The van der Waals surface area contributed by atoms with Crippen molar-refractivity contribution in [2.24, 2.45) is 0 Å². The predicted molar refractivity (Wildman–Crippen MR) is 115 cm³/mol. The van der Waals surface area contributed by atoms with Gasteiger partial charge in [0.05, 0.1) is 12.8 Å². The molecule has 1 N–H and O–H groups in total. The molecule has 0 saturated heterocycles. The molecule has 0 aliphatic carbocycles. The quantitative estimate of drug-likeness (QED) is 0.698. The maximum Gasteiger partial charge on any atom is 0.410 e. The number of hydrogen-bond acceptors (Lipinski definition) is 6. The standard InChI is InChI=1S/C22H32N4O3/c1-7-18(15-26(8-2)21(27)29-22(3,4)5)25-19-13-17(14-24-20(19)28-6)16-9-11-23-12-10-16/h9-14,18,25H,7-8,15H2,1-6H3. The molecule has 2 aromatic rings. The van der Waals surface area contributed by atoms with E-state index in [4.69, 9.17) is 9.47 Å². The van der Waals surface area contributed by atoms with Gasteiger partial charge in [-0.05, 0) is 57.9 Å². The van der Waals surface area contributed by atoms with Crippen LogP contribution in [0.25, 0.3) is 11.1 Å². The van der Waals surface area contributed by atoms with Gasteiger partial charge in [-0.15, -0.1) is 0 Å². The summed E-state index contributed by atoms with van der Waals surface area (Å²) in [5.74, 6) is 0.515. The molecule has 1 amide bonds. The lowest BCUT2D eigenvalue weighted by atomic mass is 10.1. The van der Waals surface area contributed by atoms with Gasteiger partial charge in [-0.25, -0.2) is 9.78 Å². The van der Waals surface area contributed by atoms with Crippen LogP contribution in [0.1, 0.15) is 41.0 Å². The predicted octanol–water partition coefficient (Wildman–Crippen LogP) is 4.60. The summed E-state index contributed by atoms with van der Waals surface area (Å²) < 4.78 is 11.0. The molecule has 0 aliphatic heterocycles. The normalized spacial score (nSPS) is 12.2. The number of pyridine rings is 2. The fourth-order valence-corrected chi connectivity index (χ4v) is 2.84. The van der Waals surface area contributed by atoms with Crippen molar-refractivity contribution in [2.45, 2.75) is 52.7 Å². The van der Waals surface area contributed by atoms with Crippen molar-refractivity contribution in [3.63, 3.8) is 0 Å². The van der Waals surface area contributed by atoms with E-state index in [-0.39, 0.29) is 12.1 Å². The van der Waals surface area contributed by atoms with Crippen LogP contribution in [0, 0.1) is 0 Å². The fourth-order valence-electron chi connectivity index (χ4n) is 2.84. The number of nitrogens with zero attached hydrogens (tertiary/aromatic N) is 3. The molecule has 1 unspecified atom stereocenters. The molecule has 0 spiro atoms. The van der Waals surface area contributed by atoms with E-state index in [0.717, 1.165) is 23.2 Å². The van der Waals surface area contributed by atoms with Crippen molar-refractivity contribution in [1.82, 2.24) is 14.9 Å². The summed E-state index contributed by atoms with van der Waals surface area (Å²) in [7, 11) is 1.60. The summed E-state index contributed by atoms with van der Waals surface area (Å²) >= 11 is 0. The lowest BCUT2D eigenvalue weighted by Crippen LogP contribution is -2.42. The smallest absolute Gasteiger partial charge is 0.410 e. The zero-order chi connectivity index (χ0) is 21.4. The molecule has 1 atom stereocenters. The maximum absolute atomic E-state index is 12.5. The van der Waals surface area contributed by atoms with Crippen molar-refractivity contribution in [2.75, 3.05) is 25.5 Å². The Labute approximate surface area is 173 Å². The Kier molecular flexibility index (Phi) is 7.82. The van der Waals surface area contributed by atoms with E-state index in [9.17, 15) is 4.79 Å². The summed E-state index contributed by atoms with van der Waals surface area (Å²) in [5.41, 5.74) is 2.25. The van der Waals surface area contributed by atoms with E-state index < -0.39 is 5.60 Å². The van der Waals surface area contributed by atoms with Gasteiger partial charge in [0.25, 0.3) is 0 Å². The molecule has 0 aliphatic rings. The molecule has 2 heterocycles. The zero-order valence-electron chi connectivity index (χ0n) is 18.2. The summed E-state index contributed by atoms with van der Waals surface area (Å²) in [4.78, 5) is 22.7. The molecule has 29 heavy (non-hydrogen) atoms. The van der Waals surface area contributed by atoms with Gasteiger partial charge in [-0.3, -0.25) is 4.98 Å².